The summed E-state index contributed by atoms with van der Waals surface area (Å²) in [5.41, 5.74) is 2.50. The molecule has 1 aromatic carbocycles. The highest BCUT2D eigenvalue weighted by atomic mass is 16.3. The van der Waals surface area contributed by atoms with E-state index in [4.69, 9.17) is 4.42 Å². The largest absolute Gasteiger partial charge is 0.463 e. The first kappa shape index (κ1) is 16.1. The minimum Gasteiger partial charge on any atom is -0.463 e. The van der Waals surface area contributed by atoms with Gasteiger partial charge in [0.15, 0.2) is 5.58 Å². The van der Waals surface area contributed by atoms with E-state index in [0.717, 1.165) is 11.1 Å². The number of amides is 1. The summed E-state index contributed by atoms with van der Waals surface area (Å²) in [4.78, 5) is 25.5. The molecule has 4 rings (SSSR count). The Kier molecular flexibility index (Phi) is 4.04. The van der Waals surface area contributed by atoms with Crippen LogP contribution in [0.2, 0.25) is 0 Å². The van der Waals surface area contributed by atoms with Crippen LogP contribution >= 0.6 is 0 Å². The normalized spacial score (nSPS) is 12.5. The van der Waals surface area contributed by atoms with Crippen LogP contribution in [0, 0.1) is 0 Å². The second-order valence-electron chi connectivity index (χ2n) is 6.08. The summed E-state index contributed by atoms with van der Waals surface area (Å²) in [6, 6.07) is 12.4. The molecule has 7 heteroatoms. The summed E-state index contributed by atoms with van der Waals surface area (Å²) in [5.74, 6) is -0.231. The predicted octanol–water partition coefficient (Wildman–Crippen LogP) is 2.51. The van der Waals surface area contributed by atoms with Gasteiger partial charge >= 0.3 is 0 Å². The molecule has 0 fully saturated rings. The maximum Gasteiger partial charge on any atom is 0.291 e. The number of carbonyl (C=O) groups excluding carboxylic acids is 1. The summed E-state index contributed by atoms with van der Waals surface area (Å²) in [7, 11) is 0. The van der Waals surface area contributed by atoms with E-state index in [0.29, 0.717) is 24.1 Å². The van der Waals surface area contributed by atoms with E-state index in [1.165, 1.54) is 4.68 Å². The van der Waals surface area contributed by atoms with Crippen LogP contribution in [0.1, 0.15) is 24.9 Å². The Morgan fingerprint density at radius 3 is 2.81 bits per heavy atom. The van der Waals surface area contributed by atoms with Crippen LogP contribution in [0.15, 0.2) is 64.3 Å². The summed E-state index contributed by atoms with van der Waals surface area (Å²) in [5, 5.41) is 7.10. The molecule has 0 saturated heterocycles. The Morgan fingerprint density at radius 2 is 2.04 bits per heavy atom. The zero-order valence-electron chi connectivity index (χ0n) is 14.3. The van der Waals surface area contributed by atoms with Crippen molar-refractivity contribution in [3.05, 3.63) is 71.0 Å². The molecule has 0 spiro atoms. The summed E-state index contributed by atoms with van der Waals surface area (Å²) in [6.07, 6.45) is 3.57. The monoisotopic (exact) mass is 350 g/mol. The fraction of sp³-hybridized carbons (Fsp3) is 0.211. The standard InChI is InChI=1S/C19H18N4O3/c1-2-14(18(24)20-11-13-6-4-3-5-7-13)23-19(25)16-10-17-15(8-9-26-17)22(16)12-21-23/h3-10,12,14H,2,11H2,1H3,(H,20,24)/t14-/m1/s1. The topological polar surface area (TPSA) is 81.5 Å². The fourth-order valence-corrected chi connectivity index (χ4v) is 3.11. The maximum absolute atomic E-state index is 12.8. The molecule has 0 aliphatic carbocycles. The molecule has 0 bridgehead atoms. The van der Waals surface area contributed by atoms with Gasteiger partial charge in [-0.1, -0.05) is 37.3 Å². The molecule has 7 nitrogen and oxygen atoms in total. The van der Waals surface area contributed by atoms with Crippen LogP contribution in [0.5, 0.6) is 0 Å². The molecule has 3 heterocycles. The Bertz CT molecular complexity index is 1120. The highest BCUT2D eigenvalue weighted by Crippen LogP contribution is 2.19. The summed E-state index contributed by atoms with van der Waals surface area (Å²) in [6.45, 7) is 2.26. The molecule has 132 valence electrons. The van der Waals surface area contributed by atoms with Gasteiger partial charge in [0.1, 0.15) is 17.9 Å². The zero-order chi connectivity index (χ0) is 18.1. The van der Waals surface area contributed by atoms with Crippen LogP contribution in [-0.4, -0.2) is 20.1 Å². The second kappa shape index (κ2) is 6.51. The molecule has 1 N–H and O–H groups in total. The van der Waals surface area contributed by atoms with E-state index in [2.05, 4.69) is 10.4 Å². The van der Waals surface area contributed by atoms with Gasteiger partial charge in [-0.3, -0.25) is 14.0 Å². The lowest BCUT2D eigenvalue weighted by Gasteiger charge is -2.17. The lowest BCUT2D eigenvalue weighted by molar-refractivity contribution is -0.125. The Balaban J connectivity index is 1.64. The molecule has 0 saturated carbocycles. The van der Waals surface area contributed by atoms with Gasteiger partial charge in [-0.15, -0.1) is 0 Å². The zero-order valence-corrected chi connectivity index (χ0v) is 14.3. The Labute approximate surface area is 148 Å². The van der Waals surface area contributed by atoms with Gasteiger partial charge in [-0.25, -0.2) is 4.68 Å². The van der Waals surface area contributed by atoms with E-state index >= 15 is 0 Å². The molecule has 3 aromatic heterocycles. The first-order valence-electron chi connectivity index (χ1n) is 8.46. The van der Waals surface area contributed by atoms with E-state index in [9.17, 15) is 9.59 Å². The van der Waals surface area contributed by atoms with E-state index in [1.807, 2.05) is 37.3 Å². The van der Waals surface area contributed by atoms with Gasteiger partial charge in [0, 0.05) is 18.7 Å². The number of furan rings is 1. The minimum absolute atomic E-state index is 0.231. The number of rotatable bonds is 5. The van der Waals surface area contributed by atoms with Crippen molar-refractivity contribution in [1.29, 1.82) is 0 Å². The van der Waals surface area contributed by atoms with Crippen LogP contribution in [0.3, 0.4) is 0 Å². The number of nitrogens with one attached hydrogen (secondary N) is 1. The predicted molar refractivity (Wildman–Crippen MR) is 96.8 cm³/mol. The fourth-order valence-electron chi connectivity index (χ4n) is 3.11. The average Bonchev–Trinajstić information content (AvgIpc) is 3.25. The highest BCUT2D eigenvalue weighted by molar-refractivity contribution is 5.82. The molecule has 0 unspecified atom stereocenters. The van der Waals surface area contributed by atoms with E-state index in [1.54, 1.807) is 29.1 Å². The van der Waals surface area contributed by atoms with Crippen LogP contribution < -0.4 is 10.9 Å². The summed E-state index contributed by atoms with van der Waals surface area (Å²) < 4.78 is 8.26. The first-order chi connectivity index (χ1) is 12.7. The van der Waals surface area contributed by atoms with Crippen molar-refractivity contribution in [3.63, 3.8) is 0 Å². The van der Waals surface area contributed by atoms with Gasteiger partial charge in [0.2, 0.25) is 5.91 Å². The molecule has 26 heavy (non-hydrogen) atoms. The van der Waals surface area contributed by atoms with Gasteiger partial charge < -0.3 is 9.73 Å². The average molecular weight is 350 g/mol. The molecule has 0 radical (unpaired) electrons. The van der Waals surface area contributed by atoms with Crippen molar-refractivity contribution < 1.29 is 9.21 Å². The van der Waals surface area contributed by atoms with E-state index in [-0.39, 0.29) is 11.5 Å². The molecule has 1 atom stereocenters. The SMILES string of the molecule is CC[C@H](C(=O)NCc1ccccc1)n1ncn2c(cc3occc32)c1=O. The number of nitrogens with zero attached hydrogens (tertiary/aromatic N) is 3. The third-order valence-corrected chi connectivity index (χ3v) is 4.47. The number of hydrogen-bond acceptors (Lipinski definition) is 4. The molecule has 0 aliphatic heterocycles. The third kappa shape index (κ3) is 2.67. The van der Waals surface area contributed by atoms with Gasteiger partial charge in [0.25, 0.3) is 5.56 Å². The molecule has 4 aromatic rings. The third-order valence-electron chi connectivity index (χ3n) is 4.47. The summed E-state index contributed by atoms with van der Waals surface area (Å²) >= 11 is 0. The Morgan fingerprint density at radius 1 is 1.23 bits per heavy atom. The smallest absolute Gasteiger partial charge is 0.291 e. The lowest BCUT2D eigenvalue weighted by Crippen LogP contribution is -2.38. The lowest BCUT2D eigenvalue weighted by atomic mass is 10.2. The van der Waals surface area contributed by atoms with Crippen molar-refractivity contribution in [2.75, 3.05) is 0 Å². The maximum atomic E-state index is 12.8. The number of fused-ring (bicyclic) bond motifs is 3. The van der Waals surface area contributed by atoms with Crippen LogP contribution in [0.4, 0.5) is 0 Å². The van der Waals surface area contributed by atoms with Crippen molar-refractivity contribution in [3.8, 4) is 0 Å². The van der Waals surface area contributed by atoms with Crippen molar-refractivity contribution in [2.24, 2.45) is 0 Å². The molecular weight excluding hydrogens is 332 g/mol. The van der Waals surface area contributed by atoms with Gasteiger partial charge in [0.05, 0.1) is 11.8 Å². The van der Waals surface area contributed by atoms with Gasteiger partial charge in [-0.05, 0) is 12.0 Å². The number of aromatic nitrogens is 3. The molecular formula is C19H18N4O3. The Hall–Kier alpha value is -3.35. The molecule has 1 amide bonds. The highest BCUT2D eigenvalue weighted by Gasteiger charge is 2.22. The minimum atomic E-state index is -0.669. The van der Waals surface area contributed by atoms with Crippen molar-refractivity contribution in [2.45, 2.75) is 25.9 Å². The number of benzene rings is 1. The number of carbonyl (C=O) groups is 1. The van der Waals surface area contributed by atoms with Crippen molar-refractivity contribution in [1.82, 2.24) is 19.5 Å². The second-order valence-corrected chi connectivity index (χ2v) is 6.08. The number of hydrogen-bond donors (Lipinski definition) is 1. The van der Waals surface area contributed by atoms with Gasteiger partial charge in [-0.2, -0.15) is 5.10 Å². The van der Waals surface area contributed by atoms with E-state index < -0.39 is 6.04 Å². The quantitative estimate of drug-likeness (QED) is 0.600. The van der Waals surface area contributed by atoms with Crippen molar-refractivity contribution >= 4 is 22.5 Å². The van der Waals surface area contributed by atoms with Crippen LogP contribution in [0.25, 0.3) is 16.6 Å². The van der Waals surface area contributed by atoms with Crippen LogP contribution in [-0.2, 0) is 11.3 Å². The first-order valence-corrected chi connectivity index (χ1v) is 8.46. The molecule has 0 aliphatic rings.